The number of benzene rings is 2. The Kier molecular flexibility index (Phi) is 4.03. The van der Waals surface area contributed by atoms with Gasteiger partial charge < -0.3 is 10.5 Å². The number of anilines is 2. The van der Waals surface area contributed by atoms with Crippen molar-refractivity contribution in [3.8, 4) is 11.3 Å². The second-order valence-corrected chi connectivity index (χ2v) is 6.61. The Bertz CT molecular complexity index is 1030. The van der Waals surface area contributed by atoms with Crippen LogP contribution in [0.5, 0.6) is 0 Å². The highest BCUT2D eigenvalue weighted by atomic mass is 32.2. The summed E-state index contributed by atoms with van der Waals surface area (Å²) in [6.07, 6.45) is 1.80. The normalized spacial score (nSPS) is 10.9. The topological polar surface area (TPSA) is 68.8 Å². The van der Waals surface area contributed by atoms with Crippen LogP contribution in [0.4, 0.5) is 11.6 Å². The van der Waals surface area contributed by atoms with Crippen LogP contribution >= 0.6 is 11.9 Å². The lowest BCUT2D eigenvalue weighted by Crippen LogP contribution is -1.95. The zero-order chi connectivity index (χ0) is 17.2. The largest absolute Gasteiger partial charge is 0.384 e. The molecule has 0 saturated heterocycles. The van der Waals surface area contributed by atoms with E-state index in [1.54, 1.807) is 18.1 Å². The van der Waals surface area contributed by atoms with Crippen molar-refractivity contribution in [1.82, 2.24) is 14.8 Å². The smallest absolute Gasteiger partial charge is 0.158 e. The van der Waals surface area contributed by atoms with Gasteiger partial charge in [0.2, 0.25) is 0 Å². The first-order valence-electron chi connectivity index (χ1n) is 7.87. The molecule has 0 aliphatic rings. The molecule has 5 nitrogen and oxygen atoms in total. The van der Waals surface area contributed by atoms with Gasteiger partial charge in [-0.25, -0.2) is 4.98 Å². The number of nitrogens with one attached hydrogen (secondary N) is 1. The molecule has 0 aliphatic heterocycles. The standard InChI is InChI=1S/C19H17N5S/c1-24-17(11-19(22-24)23-25-16-5-3-2-4-6-16)14-8-7-13-10-18(20)21-12-15(13)9-14/h2-12H,1H3,(H2,20,21)(H,22,23). The molecule has 124 valence electrons. The molecule has 4 rings (SSSR count). The molecule has 0 bridgehead atoms. The summed E-state index contributed by atoms with van der Waals surface area (Å²) in [5.74, 6) is 1.35. The molecule has 2 aromatic carbocycles. The van der Waals surface area contributed by atoms with Crippen LogP contribution in [0.25, 0.3) is 22.0 Å². The molecule has 6 heteroatoms. The van der Waals surface area contributed by atoms with E-state index in [0.29, 0.717) is 5.82 Å². The third-order valence-electron chi connectivity index (χ3n) is 3.94. The van der Waals surface area contributed by atoms with E-state index in [-0.39, 0.29) is 0 Å². The predicted octanol–water partition coefficient (Wildman–Crippen LogP) is 4.34. The molecule has 0 amide bonds. The van der Waals surface area contributed by atoms with Gasteiger partial charge in [0, 0.05) is 35.2 Å². The number of nitrogens with two attached hydrogens (primary N) is 1. The molecule has 0 unspecified atom stereocenters. The summed E-state index contributed by atoms with van der Waals surface area (Å²) >= 11 is 1.55. The minimum atomic E-state index is 0.533. The first-order valence-corrected chi connectivity index (χ1v) is 8.68. The number of hydrogen-bond donors (Lipinski definition) is 2. The van der Waals surface area contributed by atoms with Crippen molar-refractivity contribution >= 4 is 34.4 Å². The van der Waals surface area contributed by atoms with E-state index in [1.807, 2.05) is 42.1 Å². The van der Waals surface area contributed by atoms with Gasteiger partial charge in [0.05, 0.1) is 5.69 Å². The van der Waals surface area contributed by atoms with Crippen molar-refractivity contribution in [1.29, 1.82) is 0 Å². The molecule has 0 spiro atoms. The van der Waals surface area contributed by atoms with Gasteiger partial charge in [0.25, 0.3) is 0 Å². The van der Waals surface area contributed by atoms with E-state index in [4.69, 9.17) is 5.73 Å². The van der Waals surface area contributed by atoms with E-state index >= 15 is 0 Å². The Morgan fingerprint density at radius 3 is 2.68 bits per heavy atom. The molecule has 3 N–H and O–H groups in total. The van der Waals surface area contributed by atoms with Crippen LogP contribution in [-0.4, -0.2) is 14.8 Å². The lowest BCUT2D eigenvalue weighted by molar-refractivity contribution is 0.780. The Morgan fingerprint density at radius 2 is 1.84 bits per heavy atom. The predicted molar refractivity (Wildman–Crippen MR) is 104 cm³/mol. The molecule has 0 aliphatic carbocycles. The van der Waals surface area contributed by atoms with E-state index < -0.39 is 0 Å². The maximum Gasteiger partial charge on any atom is 0.158 e. The van der Waals surface area contributed by atoms with E-state index in [1.165, 1.54) is 0 Å². The number of nitrogens with zero attached hydrogens (tertiary/aromatic N) is 3. The maximum atomic E-state index is 5.75. The number of hydrogen-bond acceptors (Lipinski definition) is 5. The first kappa shape index (κ1) is 15.5. The van der Waals surface area contributed by atoms with Gasteiger partial charge in [0.1, 0.15) is 5.82 Å². The van der Waals surface area contributed by atoms with Crippen LogP contribution in [-0.2, 0) is 7.05 Å². The van der Waals surface area contributed by atoms with Gasteiger partial charge in [-0.2, -0.15) is 5.10 Å². The molecule has 2 aromatic heterocycles. The van der Waals surface area contributed by atoms with E-state index in [2.05, 4.69) is 45.1 Å². The summed E-state index contributed by atoms with van der Waals surface area (Å²) in [5.41, 5.74) is 7.87. The molecular weight excluding hydrogens is 330 g/mol. The second-order valence-electron chi connectivity index (χ2n) is 5.73. The van der Waals surface area contributed by atoms with Gasteiger partial charge in [-0.3, -0.25) is 4.68 Å². The molecule has 0 atom stereocenters. The van der Waals surface area contributed by atoms with E-state index in [0.717, 1.165) is 32.7 Å². The highest BCUT2D eigenvalue weighted by Crippen LogP contribution is 2.28. The zero-order valence-electron chi connectivity index (χ0n) is 13.7. The lowest BCUT2D eigenvalue weighted by atomic mass is 10.1. The summed E-state index contributed by atoms with van der Waals surface area (Å²) in [6.45, 7) is 0. The molecule has 2 heterocycles. The van der Waals surface area contributed by atoms with E-state index in [9.17, 15) is 0 Å². The minimum absolute atomic E-state index is 0.533. The quantitative estimate of drug-likeness (QED) is 0.538. The number of aromatic nitrogens is 3. The SMILES string of the molecule is Cn1nc(NSc2ccccc2)cc1-c1ccc2cc(N)ncc2c1. The van der Waals surface area contributed by atoms with Crippen molar-refractivity contribution in [3.05, 3.63) is 66.9 Å². The van der Waals surface area contributed by atoms with Crippen molar-refractivity contribution in [2.24, 2.45) is 7.05 Å². The lowest BCUT2D eigenvalue weighted by Gasteiger charge is -2.04. The highest BCUT2D eigenvalue weighted by molar-refractivity contribution is 8.00. The monoisotopic (exact) mass is 347 g/mol. The van der Waals surface area contributed by atoms with Gasteiger partial charge in [0.15, 0.2) is 5.82 Å². The third kappa shape index (κ3) is 3.29. The fourth-order valence-electron chi connectivity index (χ4n) is 2.71. The van der Waals surface area contributed by atoms with Crippen LogP contribution < -0.4 is 10.5 Å². The Hall–Kier alpha value is -2.99. The molecule has 0 radical (unpaired) electrons. The number of fused-ring (bicyclic) bond motifs is 1. The Balaban J connectivity index is 1.60. The summed E-state index contributed by atoms with van der Waals surface area (Å²) in [4.78, 5) is 5.32. The van der Waals surface area contributed by atoms with Crippen LogP contribution in [0.1, 0.15) is 0 Å². The van der Waals surface area contributed by atoms with Crippen LogP contribution in [0.3, 0.4) is 0 Å². The van der Waals surface area contributed by atoms with Crippen molar-refractivity contribution in [2.45, 2.75) is 4.90 Å². The third-order valence-corrected chi connectivity index (χ3v) is 4.75. The number of nitrogen functional groups attached to an aromatic ring is 1. The number of aryl methyl sites for hydroxylation is 1. The average molecular weight is 347 g/mol. The van der Waals surface area contributed by atoms with Gasteiger partial charge in [-0.15, -0.1) is 0 Å². The molecular formula is C19H17N5S. The minimum Gasteiger partial charge on any atom is -0.384 e. The number of rotatable bonds is 4. The fraction of sp³-hybridized carbons (Fsp3) is 0.0526. The summed E-state index contributed by atoms with van der Waals surface area (Å²) in [5, 5.41) is 6.68. The second kappa shape index (κ2) is 6.49. The van der Waals surface area contributed by atoms with Gasteiger partial charge in [-0.05, 0) is 41.6 Å². The number of pyridine rings is 1. The summed E-state index contributed by atoms with van der Waals surface area (Å²) in [6, 6.07) is 20.3. The Morgan fingerprint density at radius 1 is 1.00 bits per heavy atom. The van der Waals surface area contributed by atoms with Crippen LogP contribution in [0.15, 0.2) is 71.8 Å². The summed E-state index contributed by atoms with van der Waals surface area (Å²) in [7, 11) is 1.94. The fourth-order valence-corrected chi connectivity index (χ4v) is 3.32. The first-order chi connectivity index (χ1) is 12.2. The van der Waals surface area contributed by atoms with Gasteiger partial charge >= 0.3 is 0 Å². The zero-order valence-corrected chi connectivity index (χ0v) is 14.5. The molecule has 0 fully saturated rings. The van der Waals surface area contributed by atoms with Crippen molar-refractivity contribution < 1.29 is 0 Å². The van der Waals surface area contributed by atoms with Crippen molar-refractivity contribution in [3.63, 3.8) is 0 Å². The average Bonchev–Trinajstić information content (AvgIpc) is 3.01. The Labute approximate surface area is 150 Å². The van der Waals surface area contributed by atoms with Crippen LogP contribution in [0, 0.1) is 0 Å². The van der Waals surface area contributed by atoms with Crippen LogP contribution in [0.2, 0.25) is 0 Å². The molecule has 4 aromatic rings. The van der Waals surface area contributed by atoms with Crippen molar-refractivity contribution in [2.75, 3.05) is 10.5 Å². The molecule has 0 saturated carbocycles. The summed E-state index contributed by atoms with van der Waals surface area (Å²) < 4.78 is 5.17. The maximum absolute atomic E-state index is 5.75. The molecule has 25 heavy (non-hydrogen) atoms. The van der Waals surface area contributed by atoms with Gasteiger partial charge in [-0.1, -0.05) is 30.3 Å². The highest BCUT2D eigenvalue weighted by Gasteiger charge is 2.09.